The van der Waals surface area contributed by atoms with E-state index in [9.17, 15) is 4.79 Å². The van der Waals surface area contributed by atoms with E-state index in [1.54, 1.807) is 23.3 Å². The van der Waals surface area contributed by atoms with Crippen molar-refractivity contribution in [3.05, 3.63) is 36.4 Å². The highest BCUT2D eigenvalue weighted by Gasteiger charge is 2.46. The Morgan fingerprint density at radius 3 is 2.80 bits per heavy atom. The molecule has 1 aliphatic heterocycles. The first-order valence-corrected chi connectivity index (χ1v) is 9.04. The monoisotopic (exact) mass is 340 g/mol. The van der Waals surface area contributed by atoms with E-state index in [1.807, 2.05) is 19.2 Å². The Morgan fingerprint density at radius 2 is 2.04 bits per heavy atom. The second-order valence-corrected chi connectivity index (χ2v) is 6.98. The van der Waals surface area contributed by atoms with Gasteiger partial charge in [0.2, 0.25) is 11.9 Å². The highest BCUT2D eigenvalue weighted by molar-refractivity contribution is 5.85. The summed E-state index contributed by atoms with van der Waals surface area (Å²) in [4.78, 5) is 24.0. The Balaban J connectivity index is 1.53. The number of nitrogens with one attached hydrogen (secondary N) is 1. The molecule has 4 rings (SSSR count). The molecule has 1 amide bonds. The van der Waals surface area contributed by atoms with Gasteiger partial charge in [-0.2, -0.15) is 5.10 Å². The second kappa shape index (κ2) is 6.82. The fourth-order valence-corrected chi connectivity index (χ4v) is 4.28. The molecule has 2 aliphatic rings. The summed E-state index contributed by atoms with van der Waals surface area (Å²) in [6.07, 6.45) is 10.9. The normalized spacial score (nSPS) is 25.6. The molecular weight excluding hydrogens is 316 g/mol. The maximum atomic E-state index is 12.9. The highest BCUT2D eigenvalue weighted by atomic mass is 16.2. The molecule has 25 heavy (non-hydrogen) atoms. The predicted octanol–water partition coefficient (Wildman–Crippen LogP) is 1.66. The minimum Gasteiger partial charge on any atom is -0.349 e. The van der Waals surface area contributed by atoms with Crippen LogP contribution in [-0.2, 0) is 18.4 Å². The summed E-state index contributed by atoms with van der Waals surface area (Å²) in [5.74, 6) is 1.30. The van der Waals surface area contributed by atoms with Crippen molar-refractivity contribution in [2.45, 2.75) is 50.7 Å². The van der Waals surface area contributed by atoms with Crippen molar-refractivity contribution < 1.29 is 4.79 Å². The summed E-state index contributed by atoms with van der Waals surface area (Å²) in [5.41, 5.74) is 0.992. The number of amides is 1. The molecule has 2 fully saturated rings. The lowest BCUT2D eigenvalue weighted by Gasteiger charge is -2.33. The minimum absolute atomic E-state index is 0.0584. The lowest BCUT2D eigenvalue weighted by molar-refractivity contribution is -0.122. The Labute approximate surface area is 147 Å². The van der Waals surface area contributed by atoms with E-state index in [4.69, 9.17) is 0 Å². The smallest absolute Gasteiger partial charge is 0.243 e. The number of carbonyl (C=O) groups excluding carboxylic acids is 1. The van der Waals surface area contributed by atoms with Crippen LogP contribution in [0.15, 0.2) is 30.7 Å². The van der Waals surface area contributed by atoms with Gasteiger partial charge in [-0.05, 0) is 37.3 Å². The fraction of sp³-hybridized carbons (Fsp3) is 0.556. The van der Waals surface area contributed by atoms with Crippen molar-refractivity contribution in [2.75, 3.05) is 4.90 Å². The van der Waals surface area contributed by atoms with Gasteiger partial charge in [-0.25, -0.2) is 9.97 Å². The van der Waals surface area contributed by atoms with Gasteiger partial charge in [0.05, 0.1) is 12.2 Å². The third kappa shape index (κ3) is 3.10. The molecule has 2 aromatic heterocycles. The molecule has 7 nitrogen and oxygen atoms in total. The first kappa shape index (κ1) is 16.1. The van der Waals surface area contributed by atoms with Gasteiger partial charge in [-0.15, -0.1) is 0 Å². The quantitative estimate of drug-likeness (QED) is 0.916. The van der Waals surface area contributed by atoms with E-state index in [2.05, 4.69) is 25.3 Å². The molecule has 0 radical (unpaired) electrons. The predicted molar refractivity (Wildman–Crippen MR) is 93.7 cm³/mol. The molecule has 132 valence electrons. The SMILES string of the molecule is Cn1nccc1CNC(=O)[C@@H]1C[C@@H]2CCCC[C@@H]2N1c1ncccn1. The molecular formula is C18H24N6O. The maximum absolute atomic E-state index is 12.9. The van der Waals surface area contributed by atoms with Gasteiger partial charge in [0.15, 0.2) is 0 Å². The van der Waals surface area contributed by atoms with Crippen LogP contribution in [0.2, 0.25) is 0 Å². The first-order chi connectivity index (χ1) is 12.2. The van der Waals surface area contributed by atoms with Crippen LogP contribution in [0.25, 0.3) is 0 Å². The first-order valence-electron chi connectivity index (χ1n) is 9.04. The molecule has 1 N–H and O–H groups in total. The lowest BCUT2D eigenvalue weighted by atomic mass is 9.85. The molecule has 1 aliphatic carbocycles. The Hall–Kier alpha value is -2.44. The molecule has 1 saturated carbocycles. The number of aromatic nitrogens is 4. The molecule has 3 heterocycles. The van der Waals surface area contributed by atoms with E-state index in [0.29, 0.717) is 24.5 Å². The Morgan fingerprint density at radius 1 is 1.24 bits per heavy atom. The van der Waals surface area contributed by atoms with Crippen LogP contribution >= 0.6 is 0 Å². The third-order valence-electron chi connectivity index (χ3n) is 5.54. The molecule has 0 spiro atoms. The number of carbonyl (C=O) groups is 1. The van der Waals surface area contributed by atoms with Crippen molar-refractivity contribution in [1.82, 2.24) is 25.1 Å². The molecule has 3 atom stereocenters. The van der Waals surface area contributed by atoms with Gasteiger partial charge < -0.3 is 10.2 Å². The van der Waals surface area contributed by atoms with Crippen LogP contribution in [0.3, 0.4) is 0 Å². The van der Waals surface area contributed by atoms with Gasteiger partial charge in [-0.1, -0.05) is 12.8 Å². The van der Waals surface area contributed by atoms with Crippen LogP contribution < -0.4 is 10.2 Å². The standard InChI is InChI=1S/C18H24N6O/c1-23-14(7-10-22-23)12-21-17(25)16-11-13-5-2-3-6-15(13)24(16)18-19-8-4-9-20-18/h4,7-10,13,15-16H,2-3,5-6,11-12H2,1H3,(H,21,25)/t13-,15-,16-/m0/s1. The summed E-state index contributed by atoms with van der Waals surface area (Å²) >= 11 is 0. The second-order valence-electron chi connectivity index (χ2n) is 6.98. The average molecular weight is 340 g/mol. The van der Waals surface area contributed by atoms with E-state index >= 15 is 0 Å². The summed E-state index contributed by atoms with van der Waals surface area (Å²) in [7, 11) is 1.88. The van der Waals surface area contributed by atoms with E-state index in [1.165, 1.54) is 19.3 Å². The van der Waals surface area contributed by atoms with Crippen LogP contribution in [0.1, 0.15) is 37.8 Å². The third-order valence-corrected chi connectivity index (χ3v) is 5.54. The molecule has 0 bridgehead atoms. The van der Waals surface area contributed by atoms with Gasteiger partial charge in [0.1, 0.15) is 6.04 Å². The van der Waals surface area contributed by atoms with Gasteiger partial charge in [0, 0.05) is 31.7 Å². The number of fused-ring (bicyclic) bond motifs is 1. The number of rotatable bonds is 4. The van der Waals surface area contributed by atoms with Gasteiger partial charge in [-0.3, -0.25) is 9.48 Å². The summed E-state index contributed by atoms with van der Waals surface area (Å²) in [5, 5.41) is 7.23. The van der Waals surface area contributed by atoms with Crippen molar-refractivity contribution >= 4 is 11.9 Å². The lowest BCUT2D eigenvalue weighted by Crippen LogP contribution is -2.47. The van der Waals surface area contributed by atoms with Crippen LogP contribution in [-0.4, -0.2) is 37.7 Å². The zero-order valence-corrected chi connectivity index (χ0v) is 14.5. The fourth-order valence-electron chi connectivity index (χ4n) is 4.28. The van der Waals surface area contributed by atoms with Gasteiger partial charge in [0.25, 0.3) is 0 Å². The number of hydrogen-bond acceptors (Lipinski definition) is 5. The van der Waals surface area contributed by atoms with Crippen LogP contribution in [0.4, 0.5) is 5.95 Å². The van der Waals surface area contributed by atoms with E-state index in [0.717, 1.165) is 18.5 Å². The van der Waals surface area contributed by atoms with Crippen molar-refractivity contribution in [3.8, 4) is 0 Å². The van der Waals surface area contributed by atoms with Crippen LogP contribution in [0, 0.1) is 5.92 Å². The zero-order chi connectivity index (χ0) is 17.2. The largest absolute Gasteiger partial charge is 0.349 e. The van der Waals surface area contributed by atoms with Crippen molar-refractivity contribution in [3.63, 3.8) is 0 Å². The number of anilines is 1. The molecule has 7 heteroatoms. The number of nitrogens with zero attached hydrogens (tertiary/aromatic N) is 5. The molecule has 2 aromatic rings. The van der Waals surface area contributed by atoms with E-state index < -0.39 is 0 Å². The van der Waals surface area contributed by atoms with E-state index in [-0.39, 0.29) is 11.9 Å². The summed E-state index contributed by atoms with van der Waals surface area (Å²) < 4.78 is 1.78. The topological polar surface area (TPSA) is 75.9 Å². The summed E-state index contributed by atoms with van der Waals surface area (Å²) in [6.45, 7) is 0.491. The molecule has 0 aromatic carbocycles. The minimum atomic E-state index is -0.191. The zero-order valence-electron chi connectivity index (χ0n) is 14.5. The summed E-state index contributed by atoms with van der Waals surface area (Å²) in [6, 6.07) is 3.93. The average Bonchev–Trinajstić information content (AvgIpc) is 3.23. The Kier molecular flexibility index (Phi) is 4.38. The van der Waals surface area contributed by atoms with Crippen LogP contribution in [0.5, 0.6) is 0 Å². The maximum Gasteiger partial charge on any atom is 0.243 e. The molecule has 1 saturated heterocycles. The number of hydrogen-bond donors (Lipinski definition) is 1. The number of aryl methyl sites for hydroxylation is 1. The highest BCUT2D eigenvalue weighted by Crippen LogP contribution is 2.41. The van der Waals surface area contributed by atoms with Crippen molar-refractivity contribution in [1.29, 1.82) is 0 Å². The Bertz CT molecular complexity index is 730. The molecule has 0 unspecified atom stereocenters. The van der Waals surface area contributed by atoms with Gasteiger partial charge >= 0.3 is 0 Å². The van der Waals surface area contributed by atoms with Crippen molar-refractivity contribution in [2.24, 2.45) is 13.0 Å².